The van der Waals surface area contributed by atoms with Crippen LogP contribution in [0.1, 0.15) is 25.3 Å². The topological polar surface area (TPSA) is 35.2 Å². The van der Waals surface area contributed by atoms with Crippen molar-refractivity contribution in [3.05, 3.63) is 35.9 Å². The van der Waals surface area contributed by atoms with E-state index in [1.54, 1.807) is 0 Å². The predicted octanol–water partition coefficient (Wildman–Crippen LogP) is 2.88. The molecule has 16 heavy (non-hydrogen) atoms. The summed E-state index contributed by atoms with van der Waals surface area (Å²) in [7, 11) is 0. The molecule has 1 heterocycles. The van der Waals surface area contributed by atoms with E-state index in [1.807, 2.05) is 18.2 Å². The second-order valence-electron chi connectivity index (χ2n) is 4.20. The molecule has 1 aromatic carbocycles. The standard InChI is InChI=1S/C12H17NO.2ClH/c1-12(9-11(13)7-8-14-12)10-5-3-2-4-6-10;;/h2-6,11H,7-9,13H2,1H3;2*1H. The highest BCUT2D eigenvalue weighted by molar-refractivity contribution is 5.85. The smallest absolute Gasteiger partial charge is 0.0918 e. The first kappa shape index (κ1) is 15.7. The van der Waals surface area contributed by atoms with Crippen LogP contribution in [-0.2, 0) is 10.3 Å². The van der Waals surface area contributed by atoms with Crippen LogP contribution in [0.15, 0.2) is 30.3 Å². The van der Waals surface area contributed by atoms with Crippen LogP contribution in [0.25, 0.3) is 0 Å². The van der Waals surface area contributed by atoms with Gasteiger partial charge in [-0.2, -0.15) is 0 Å². The molecule has 0 spiro atoms. The third-order valence-corrected chi connectivity index (χ3v) is 2.95. The van der Waals surface area contributed by atoms with Crippen LogP contribution in [0, 0.1) is 0 Å². The van der Waals surface area contributed by atoms with Gasteiger partial charge in [-0.05, 0) is 25.3 Å². The van der Waals surface area contributed by atoms with Crippen LogP contribution < -0.4 is 5.73 Å². The summed E-state index contributed by atoms with van der Waals surface area (Å²) >= 11 is 0. The fourth-order valence-corrected chi connectivity index (χ4v) is 2.09. The van der Waals surface area contributed by atoms with Crippen LogP contribution in [0.3, 0.4) is 0 Å². The largest absolute Gasteiger partial charge is 0.370 e. The van der Waals surface area contributed by atoms with Gasteiger partial charge < -0.3 is 10.5 Å². The first-order valence-corrected chi connectivity index (χ1v) is 5.16. The van der Waals surface area contributed by atoms with Crippen LogP contribution in [0.5, 0.6) is 0 Å². The number of hydrogen-bond donors (Lipinski definition) is 1. The molecule has 1 saturated heterocycles. The molecule has 1 fully saturated rings. The Bertz CT molecular complexity index is 307. The Morgan fingerprint density at radius 3 is 2.44 bits per heavy atom. The van der Waals surface area contributed by atoms with Crippen molar-refractivity contribution in [1.29, 1.82) is 0 Å². The zero-order valence-electron chi connectivity index (χ0n) is 9.39. The van der Waals surface area contributed by atoms with Gasteiger partial charge in [0, 0.05) is 12.6 Å². The molecule has 1 aliphatic heterocycles. The summed E-state index contributed by atoms with van der Waals surface area (Å²) in [6.07, 6.45) is 1.89. The molecular formula is C12H19Cl2NO. The first-order chi connectivity index (χ1) is 6.71. The minimum Gasteiger partial charge on any atom is -0.370 e. The van der Waals surface area contributed by atoms with Gasteiger partial charge in [-0.1, -0.05) is 30.3 Å². The molecule has 0 bridgehead atoms. The maximum atomic E-state index is 5.97. The van der Waals surface area contributed by atoms with E-state index in [2.05, 4.69) is 19.1 Å². The Labute approximate surface area is 109 Å². The molecule has 0 aliphatic carbocycles. The lowest BCUT2D eigenvalue weighted by Crippen LogP contribution is -2.40. The predicted molar refractivity (Wildman–Crippen MR) is 71.5 cm³/mol. The number of halogens is 2. The van der Waals surface area contributed by atoms with Crippen LogP contribution in [-0.4, -0.2) is 12.6 Å². The number of benzene rings is 1. The van der Waals surface area contributed by atoms with Crippen LogP contribution in [0.4, 0.5) is 0 Å². The Kier molecular flexibility index (Phi) is 6.34. The summed E-state index contributed by atoms with van der Waals surface area (Å²) in [6, 6.07) is 10.6. The average Bonchev–Trinajstić information content (AvgIpc) is 2.19. The number of ether oxygens (including phenoxy) is 1. The van der Waals surface area contributed by atoms with E-state index in [4.69, 9.17) is 10.5 Å². The van der Waals surface area contributed by atoms with Crippen molar-refractivity contribution in [2.75, 3.05) is 6.61 Å². The van der Waals surface area contributed by atoms with E-state index >= 15 is 0 Å². The van der Waals surface area contributed by atoms with E-state index in [0.717, 1.165) is 19.4 Å². The highest BCUT2D eigenvalue weighted by atomic mass is 35.5. The van der Waals surface area contributed by atoms with Crippen molar-refractivity contribution in [3.8, 4) is 0 Å². The quantitative estimate of drug-likeness (QED) is 0.846. The summed E-state index contributed by atoms with van der Waals surface area (Å²) < 4.78 is 5.84. The van der Waals surface area contributed by atoms with Gasteiger partial charge in [0.1, 0.15) is 0 Å². The Hall–Kier alpha value is -0.280. The summed E-state index contributed by atoms with van der Waals surface area (Å²) in [5.41, 5.74) is 7.02. The molecule has 1 aromatic rings. The molecule has 92 valence electrons. The molecule has 0 saturated carbocycles. The number of nitrogens with two attached hydrogens (primary N) is 1. The van der Waals surface area contributed by atoms with E-state index < -0.39 is 0 Å². The van der Waals surface area contributed by atoms with Crippen molar-refractivity contribution in [2.45, 2.75) is 31.4 Å². The maximum absolute atomic E-state index is 5.97. The van der Waals surface area contributed by atoms with Crippen molar-refractivity contribution < 1.29 is 4.74 Å². The zero-order valence-corrected chi connectivity index (χ0v) is 11.0. The van der Waals surface area contributed by atoms with Gasteiger partial charge in [-0.25, -0.2) is 0 Å². The maximum Gasteiger partial charge on any atom is 0.0918 e. The Balaban J connectivity index is 0.00000112. The van der Waals surface area contributed by atoms with Crippen molar-refractivity contribution in [3.63, 3.8) is 0 Å². The van der Waals surface area contributed by atoms with Crippen LogP contribution >= 0.6 is 24.8 Å². The highest BCUT2D eigenvalue weighted by Crippen LogP contribution is 2.33. The number of rotatable bonds is 1. The molecule has 0 amide bonds. The second kappa shape index (κ2) is 6.45. The van der Waals surface area contributed by atoms with E-state index in [-0.39, 0.29) is 36.5 Å². The minimum atomic E-state index is -0.182. The summed E-state index contributed by atoms with van der Waals surface area (Å²) in [6.45, 7) is 2.90. The zero-order chi connectivity index (χ0) is 10.0. The van der Waals surface area contributed by atoms with Crippen LogP contribution in [0.2, 0.25) is 0 Å². The van der Waals surface area contributed by atoms with Crippen molar-refractivity contribution in [2.24, 2.45) is 5.73 Å². The van der Waals surface area contributed by atoms with Crippen molar-refractivity contribution >= 4 is 24.8 Å². The van der Waals surface area contributed by atoms with E-state index in [9.17, 15) is 0 Å². The van der Waals surface area contributed by atoms with E-state index in [0.29, 0.717) is 0 Å². The average molecular weight is 264 g/mol. The minimum absolute atomic E-state index is 0. The third-order valence-electron chi connectivity index (χ3n) is 2.95. The lowest BCUT2D eigenvalue weighted by atomic mass is 9.86. The van der Waals surface area contributed by atoms with Gasteiger partial charge in [0.05, 0.1) is 5.60 Å². The summed E-state index contributed by atoms with van der Waals surface area (Å²) in [5, 5.41) is 0. The van der Waals surface area contributed by atoms with Gasteiger partial charge in [-0.15, -0.1) is 24.8 Å². The molecular weight excluding hydrogens is 245 g/mol. The molecule has 2 unspecified atom stereocenters. The van der Waals surface area contributed by atoms with Crippen molar-refractivity contribution in [1.82, 2.24) is 0 Å². The Morgan fingerprint density at radius 1 is 1.25 bits per heavy atom. The SMILES string of the molecule is CC1(c2ccccc2)CC(N)CCO1.Cl.Cl. The van der Waals surface area contributed by atoms with Gasteiger partial charge in [0.2, 0.25) is 0 Å². The molecule has 4 heteroatoms. The molecule has 2 atom stereocenters. The summed E-state index contributed by atoms with van der Waals surface area (Å²) in [4.78, 5) is 0. The molecule has 2 rings (SSSR count). The number of hydrogen-bond acceptors (Lipinski definition) is 2. The molecule has 1 aliphatic rings. The van der Waals surface area contributed by atoms with Gasteiger partial charge in [0.15, 0.2) is 0 Å². The summed E-state index contributed by atoms with van der Waals surface area (Å²) in [5.74, 6) is 0. The molecule has 2 N–H and O–H groups in total. The second-order valence-corrected chi connectivity index (χ2v) is 4.20. The molecule has 2 nitrogen and oxygen atoms in total. The van der Waals surface area contributed by atoms with Gasteiger partial charge in [0.25, 0.3) is 0 Å². The Morgan fingerprint density at radius 2 is 1.88 bits per heavy atom. The fourth-order valence-electron chi connectivity index (χ4n) is 2.09. The molecule has 0 radical (unpaired) electrons. The molecule has 0 aromatic heterocycles. The lowest BCUT2D eigenvalue weighted by molar-refractivity contribution is -0.0766. The lowest BCUT2D eigenvalue weighted by Gasteiger charge is -2.37. The van der Waals surface area contributed by atoms with Gasteiger partial charge >= 0.3 is 0 Å². The third kappa shape index (κ3) is 3.36. The highest BCUT2D eigenvalue weighted by Gasteiger charge is 2.33. The van der Waals surface area contributed by atoms with E-state index in [1.165, 1.54) is 5.56 Å². The monoisotopic (exact) mass is 263 g/mol. The first-order valence-electron chi connectivity index (χ1n) is 5.16. The normalized spacial score (nSPS) is 28.8. The fraction of sp³-hybridized carbons (Fsp3) is 0.500. The van der Waals surface area contributed by atoms with Gasteiger partial charge in [-0.3, -0.25) is 0 Å².